The number of aromatic nitrogens is 1. The van der Waals surface area contributed by atoms with E-state index >= 15 is 0 Å². The summed E-state index contributed by atoms with van der Waals surface area (Å²) in [6, 6.07) is 3.77. The van der Waals surface area contributed by atoms with Crippen molar-refractivity contribution in [2.75, 3.05) is 6.54 Å². The standard InChI is InChI=1S/C15H24N4O2/c1-12(2)5-6-15(20)19(9-7-14(16)18-21)11-13-4-3-8-17-10-13/h3-4,8,10,12,21H,5-7,9,11H2,1-2H3,(H2,16,18). The van der Waals surface area contributed by atoms with Crippen molar-refractivity contribution in [1.29, 1.82) is 0 Å². The Kier molecular flexibility index (Phi) is 7.21. The summed E-state index contributed by atoms with van der Waals surface area (Å²) < 4.78 is 0. The lowest BCUT2D eigenvalue weighted by Gasteiger charge is -2.23. The molecule has 6 nitrogen and oxygen atoms in total. The van der Waals surface area contributed by atoms with Crippen molar-refractivity contribution in [2.45, 2.75) is 39.7 Å². The van der Waals surface area contributed by atoms with Gasteiger partial charge in [-0.2, -0.15) is 0 Å². The summed E-state index contributed by atoms with van der Waals surface area (Å²) in [5.41, 5.74) is 6.45. The average molecular weight is 292 g/mol. The lowest BCUT2D eigenvalue weighted by atomic mass is 10.1. The molecule has 0 aliphatic rings. The van der Waals surface area contributed by atoms with E-state index < -0.39 is 0 Å². The maximum atomic E-state index is 12.3. The number of amidine groups is 1. The molecule has 0 radical (unpaired) electrons. The lowest BCUT2D eigenvalue weighted by molar-refractivity contribution is -0.132. The number of amides is 1. The van der Waals surface area contributed by atoms with Crippen LogP contribution in [0.5, 0.6) is 0 Å². The number of hydrogen-bond acceptors (Lipinski definition) is 4. The van der Waals surface area contributed by atoms with Crippen LogP contribution in [0.1, 0.15) is 38.7 Å². The molecule has 0 saturated heterocycles. The summed E-state index contributed by atoms with van der Waals surface area (Å²) in [4.78, 5) is 18.1. The number of nitrogens with two attached hydrogens (primary N) is 1. The molecule has 0 atom stereocenters. The Hall–Kier alpha value is -2.11. The monoisotopic (exact) mass is 292 g/mol. The first kappa shape index (κ1) is 16.9. The zero-order chi connectivity index (χ0) is 15.7. The number of rotatable bonds is 8. The van der Waals surface area contributed by atoms with Gasteiger partial charge in [-0.3, -0.25) is 9.78 Å². The van der Waals surface area contributed by atoms with Gasteiger partial charge in [0, 0.05) is 38.3 Å². The summed E-state index contributed by atoms with van der Waals surface area (Å²) in [6.45, 7) is 5.11. The average Bonchev–Trinajstić information content (AvgIpc) is 2.49. The highest BCUT2D eigenvalue weighted by Crippen LogP contribution is 2.10. The van der Waals surface area contributed by atoms with E-state index in [-0.39, 0.29) is 11.7 Å². The molecule has 0 fully saturated rings. The molecular formula is C15H24N4O2. The molecule has 0 saturated carbocycles. The molecule has 0 unspecified atom stereocenters. The van der Waals surface area contributed by atoms with Crippen molar-refractivity contribution >= 4 is 11.7 Å². The van der Waals surface area contributed by atoms with E-state index in [4.69, 9.17) is 10.9 Å². The van der Waals surface area contributed by atoms with Crippen molar-refractivity contribution < 1.29 is 10.0 Å². The summed E-state index contributed by atoms with van der Waals surface area (Å²) in [7, 11) is 0. The van der Waals surface area contributed by atoms with E-state index in [9.17, 15) is 4.79 Å². The van der Waals surface area contributed by atoms with Crippen LogP contribution in [-0.2, 0) is 11.3 Å². The highest BCUT2D eigenvalue weighted by Gasteiger charge is 2.15. The Bertz CT molecular complexity index is 460. The van der Waals surface area contributed by atoms with E-state index in [1.54, 1.807) is 17.3 Å². The summed E-state index contributed by atoms with van der Waals surface area (Å²) in [6.07, 6.45) is 5.15. The molecule has 1 heterocycles. The Morgan fingerprint density at radius 1 is 1.48 bits per heavy atom. The number of nitrogens with zero attached hydrogens (tertiary/aromatic N) is 3. The highest BCUT2D eigenvalue weighted by molar-refractivity contribution is 5.81. The normalized spacial score (nSPS) is 11.7. The quantitative estimate of drug-likeness (QED) is 0.332. The fraction of sp³-hybridized carbons (Fsp3) is 0.533. The number of hydrogen-bond donors (Lipinski definition) is 2. The van der Waals surface area contributed by atoms with E-state index in [1.165, 1.54) is 0 Å². The van der Waals surface area contributed by atoms with Gasteiger partial charge in [0.25, 0.3) is 0 Å². The fourth-order valence-electron chi connectivity index (χ4n) is 1.87. The lowest BCUT2D eigenvalue weighted by Crippen LogP contribution is -2.33. The predicted octanol–water partition coefficient (Wildman–Crippen LogP) is 1.98. The number of pyridine rings is 1. The summed E-state index contributed by atoms with van der Waals surface area (Å²) in [5, 5.41) is 11.5. The van der Waals surface area contributed by atoms with Crippen LogP contribution >= 0.6 is 0 Å². The van der Waals surface area contributed by atoms with Gasteiger partial charge < -0.3 is 15.8 Å². The van der Waals surface area contributed by atoms with Crippen molar-refractivity contribution in [3.63, 3.8) is 0 Å². The Balaban J connectivity index is 2.66. The SMILES string of the molecule is CC(C)CCC(=O)N(CC/C(N)=N/O)Cc1cccnc1. The molecular weight excluding hydrogens is 268 g/mol. The topological polar surface area (TPSA) is 91.8 Å². The number of oxime groups is 1. The fourth-order valence-corrected chi connectivity index (χ4v) is 1.87. The van der Waals surface area contributed by atoms with E-state index in [1.807, 2.05) is 12.1 Å². The van der Waals surface area contributed by atoms with Gasteiger partial charge in [-0.05, 0) is 24.0 Å². The van der Waals surface area contributed by atoms with Crippen molar-refractivity contribution in [2.24, 2.45) is 16.8 Å². The molecule has 0 aliphatic heterocycles. The van der Waals surface area contributed by atoms with Crippen LogP contribution in [-0.4, -0.2) is 33.4 Å². The molecule has 1 rings (SSSR count). The summed E-state index contributed by atoms with van der Waals surface area (Å²) >= 11 is 0. The smallest absolute Gasteiger partial charge is 0.222 e. The molecule has 0 bridgehead atoms. The molecule has 3 N–H and O–H groups in total. The van der Waals surface area contributed by atoms with Gasteiger partial charge in [0.2, 0.25) is 5.91 Å². The second-order valence-electron chi connectivity index (χ2n) is 5.45. The third-order valence-electron chi connectivity index (χ3n) is 3.15. The van der Waals surface area contributed by atoms with Crippen LogP contribution in [0.2, 0.25) is 0 Å². The summed E-state index contributed by atoms with van der Waals surface area (Å²) in [5.74, 6) is 0.694. The zero-order valence-electron chi connectivity index (χ0n) is 12.7. The zero-order valence-corrected chi connectivity index (χ0v) is 12.7. The van der Waals surface area contributed by atoms with E-state index in [0.717, 1.165) is 12.0 Å². The van der Waals surface area contributed by atoms with Crippen LogP contribution < -0.4 is 5.73 Å². The minimum atomic E-state index is 0.0818. The maximum absolute atomic E-state index is 12.3. The second-order valence-corrected chi connectivity index (χ2v) is 5.45. The first-order valence-electron chi connectivity index (χ1n) is 7.16. The van der Waals surface area contributed by atoms with Crippen LogP contribution in [0, 0.1) is 5.92 Å². The van der Waals surface area contributed by atoms with Crippen molar-refractivity contribution in [1.82, 2.24) is 9.88 Å². The number of carbonyl (C=O) groups is 1. The van der Waals surface area contributed by atoms with Gasteiger partial charge in [0.15, 0.2) is 0 Å². The largest absolute Gasteiger partial charge is 0.409 e. The second kappa shape index (κ2) is 8.94. The Morgan fingerprint density at radius 2 is 2.24 bits per heavy atom. The molecule has 21 heavy (non-hydrogen) atoms. The van der Waals surface area contributed by atoms with Crippen molar-refractivity contribution in [3.8, 4) is 0 Å². The van der Waals surface area contributed by atoms with E-state index in [2.05, 4.69) is 24.0 Å². The third-order valence-corrected chi connectivity index (χ3v) is 3.15. The maximum Gasteiger partial charge on any atom is 0.222 e. The van der Waals surface area contributed by atoms with Crippen molar-refractivity contribution in [3.05, 3.63) is 30.1 Å². The van der Waals surface area contributed by atoms with Gasteiger partial charge in [-0.1, -0.05) is 25.1 Å². The predicted molar refractivity (Wildman–Crippen MR) is 81.8 cm³/mol. The minimum Gasteiger partial charge on any atom is -0.409 e. The molecule has 116 valence electrons. The highest BCUT2D eigenvalue weighted by atomic mass is 16.4. The van der Waals surface area contributed by atoms with Gasteiger partial charge in [0.05, 0.1) is 0 Å². The van der Waals surface area contributed by atoms with Gasteiger partial charge in [-0.15, -0.1) is 0 Å². The molecule has 0 aromatic carbocycles. The minimum absolute atomic E-state index is 0.0818. The molecule has 1 aromatic heterocycles. The molecule has 0 spiro atoms. The van der Waals surface area contributed by atoms with Crippen LogP contribution in [0.25, 0.3) is 0 Å². The molecule has 0 aliphatic carbocycles. The third kappa shape index (κ3) is 6.74. The van der Waals surface area contributed by atoms with Gasteiger partial charge in [-0.25, -0.2) is 0 Å². The Morgan fingerprint density at radius 3 is 2.81 bits per heavy atom. The molecule has 1 amide bonds. The van der Waals surface area contributed by atoms with Crippen LogP contribution in [0.15, 0.2) is 29.7 Å². The van der Waals surface area contributed by atoms with Crippen LogP contribution in [0.3, 0.4) is 0 Å². The van der Waals surface area contributed by atoms with Gasteiger partial charge in [0.1, 0.15) is 5.84 Å². The van der Waals surface area contributed by atoms with Crippen LogP contribution in [0.4, 0.5) is 0 Å². The first-order chi connectivity index (χ1) is 10.0. The van der Waals surface area contributed by atoms with Gasteiger partial charge >= 0.3 is 0 Å². The molecule has 1 aromatic rings. The number of carbonyl (C=O) groups excluding carboxylic acids is 1. The molecule has 6 heteroatoms. The first-order valence-corrected chi connectivity index (χ1v) is 7.16. The van der Waals surface area contributed by atoms with E-state index in [0.29, 0.717) is 31.8 Å². The Labute approximate surface area is 125 Å².